The van der Waals surface area contributed by atoms with Crippen LogP contribution in [0.1, 0.15) is 13.3 Å². The molecule has 0 amide bonds. The Kier molecular flexibility index (Phi) is 10.7. The molecule has 46 valence electrons. The smallest absolute Gasteiger partial charge is 0 e. The maximum atomic E-state index is 10.0. The van der Waals surface area contributed by atoms with Crippen molar-refractivity contribution in [3.8, 4) is 0 Å². The molecule has 0 aliphatic heterocycles. The summed E-state index contributed by atoms with van der Waals surface area (Å²) in [6, 6.07) is 0. The van der Waals surface area contributed by atoms with Gasteiger partial charge < -0.3 is 0 Å². The number of Topliss-reactive ketones (excluding diaryl/α,β-unsaturated/α-hetero) is 1. The molecule has 0 heterocycles. The summed E-state index contributed by atoms with van der Waals surface area (Å²) in [5.74, 6) is 0.258. The first kappa shape index (κ1) is 10.8. The van der Waals surface area contributed by atoms with Gasteiger partial charge in [-0.15, -0.1) is 0 Å². The van der Waals surface area contributed by atoms with E-state index in [1.54, 1.807) is 6.92 Å². The predicted molar refractivity (Wildman–Crippen MR) is 25.9 cm³/mol. The first-order valence-corrected chi connectivity index (χ1v) is 3.06. The van der Waals surface area contributed by atoms with Gasteiger partial charge in [-0.3, -0.25) is 0 Å². The molecule has 0 atom stereocenters. The minimum absolute atomic E-state index is 0. The fourth-order valence-electron chi connectivity index (χ4n) is 0.144. The number of ketones is 1. The molecule has 3 heteroatoms. The molecule has 0 aliphatic carbocycles. The van der Waals surface area contributed by atoms with E-state index in [-0.39, 0.29) is 28.2 Å². The average molecular weight is 347 g/mol. The minimum Gasteiger partial charge on any atom is 0 e. The zero-order valence-electron chi connectivity index (χ0n) is 4.03. The topological polar surface area (TPSA) is 17.1 Å². The average Bonchev–Trinajstić information content (AvgIpc) is 1.35. The molecule has 0 aromatic heterocycles. The van der Waals surface area contributed by atoms with Crippen LogP contribution in [0.15, 0.2) is 0 Å². The molecule has 0 saturated heterocycles. The van der Waals surface area contributed by atoms with Crippen LogP contribution in [0.3, 0.4) is 0 Å². The van der Waals surface area contributed by atoms with Crippen LogP contribution in [0.2, 0.25) is 5.32 Å². The molecule has 0 rings (SSSR count). The normalized spacial score (nSPS) is 7.14. The van der Waals surface area contributed by atoms with E-state index in [2.05, 4.69) is 16.0 Å². The largest absolute Gasteiger partial charge is 0 e. The second kappa shape index (κ2) is 6.93. The van der Waals surface area contributed by atoms with E-state index < -0.39 is 0 Å². The number of rotatable bonds is 2. The summed E-state index contributed by atoms with van der Waals surface area (Å²) in [5.41, 5.74) is 0. The number of carbonyl (C=O) groups excluding carboxylic acids is 1. The van der Waals surface area contributed by atoms with Crippen LogP contribution in [0.25, 0.3) is 0 Å². The summed E-state index contributed by atoms with van der Waals surface area (Å²) in [6.45, 7) is 1.59. The van der Waals surface area contributed by atoms with Gasteiger partial charge in [-0.1, -0.05) is 0 Å². The number of hydrogen-bond acceptors (Lipinski definition) is 1. The van der Waals surface area contributed by atoms with Crippen LogP contribution in [-0.2, 0) is 27.2 Å². The van der Waals surface area contributed by atoms with Gasteiger partial charge in [0.2, 0.25) is 0 Å². The van der Waals surface area contributed by atoms with Gasteiger partial charge >= 0.3 is 45.3 Å². The van der Waals surface area contributed by atoms with Gasteiger partial charge in [-0.2, -0.15) is 0 Å². The van der Waals surface area contributed by atoms with Crippen molar-refractivity contribution in [1.82, 2.24) is 0 Å². The Hall–Kier alpha value is 0.930. The molecule has 0 saturated carbocycles. The van der Waals surface area contributed by atoms with Crippen molar-refractivity contribution in [2.45, 2.75) is 18.7 Å². The van der Waals surface area contributed by atoms with Gasteiger partial charge in [0.05, 0.1) is 0 Å². The van der Waals surface area contributed by atoms with E-state index in [0.717, 1.165) is 5.32 Å². The van der Waals surface area contributed by atoms with Crippen molar-refractivity contribution in [3.63, 3.8) is 0 Å². The van der Waals surface area contributed by atoms with Gasteiger partial charge in [-0.05, 0) is 0 Å². The molecule has 2 radical (unpaired) electrons. The van der Waals surface area contributed by atoms with Gasteiger partial charge in [0.25, 0.3) is 0 Å². The Balaban J connectivity index is 0. The molecule has 0 N–H and O–H groups in total. The summed E-state index contributed by atoms with van der Waals surface area (Å²) >= 11 is 2.75. The third kappa shape index (κ3) is 10.9. The molecule has 0 unspecified atom stereocenters. The summed E-state index contributed by atoms with van der Waals surface area (Å²) < 4.78 is 0. The van der Waals surface area contributed by atoms with Crippen molar-refractivity contribution in [3.05, 3.63) is 0 Å². The van der Waals surface area contributed by atoms with E-state index >= 15 is 0 Å². The quantitative estimate of drug-likeness (QED) is 0.667. The first-order valence-electron chi connectivity index (χ1n) is 1.85. The van der Waals surface area contributed by atoms with Crippen molar-refractivity contribution in [2.75, 3.05) is 0 Å². The van der Waals surface area contributed by atoms with E-state index in [9.17, 15) is 4.79 Å². The second-order valence-electron chi connectivity index (χ2n) is 1.16. The SMILES string of the molecule is CC(=O)CC[Se].[Au]. The Morgan fingerprint density at radius 3 is 2.14 bits per heavy atom. The fraction of sp³-hybridized carbons (Fsp3) is 0.750. The molecular formula is C4H7AuOSe. The third-order valence-corrected chi connectivity index (χ3v) is 0.882. The molecule has 0 aliphatic rings. The van der Waals surface area contributed by atoms with Crippen LogP contribution in [0.5, 0.6) is 0 Å². The summed E-state index contributed by atoms with van der Waals surface area (Å²) in [4.78, 5) is 10.0. The third-order valence-electron chi connectivity index (χ3n) is 0.454. The van der Waals surface area contributed by atoms with Gasteiger partial charge in [0.1, 0.15) is 0 Å². The second-order valence-corrected chi connectivity index (χ2v) is 2.01. The molecule has 0 aromatic carbocycles. The standard InChI is InChI=1S/C4H7OSe.Au/c1-4(5)2-3-6;/h2-3H2,1H3;. The fourth-order valence-corrected chi connectivity index (χ4v) is 0.747. The molecule has 0 fully saturated rings. The zero-order chi connectivity index (χ0) is 4.99. The number of hydrogen-bond donors (Lipinski definition) is 0. The van der Waals surface area contributed by atoms with Crippen molar-refractivity contribution in [1.29, 1.82) is 0 Å². The Morgan fingerprint density at radius 1 is 1.71 bits per heavy atom. The van der Waals surface area contributed by atoms with Gasteiger partial charge in [0.15, 0.2) is 0 Å². The van der Waals surface area contributed by atoms with Gasteiger partial charge in [0, 0.05) is 22.4 Å². The monoisotopic (exact) mass is 348 g/mol. The Bertz CT molecular complexity index is 55.7. The maximum Gasteiger partial charge on any atom is 0 e. The van der Waals surface area contributed by atoms with Crippen LogP contribution in [0.4, 0.5) is 0 Å². The first-order chi connectivity index (χ1) is 2.77. The minimum atomic E-state index is 0. The van der Waals surface area contributed by atoms with Crippen LogP contribution >= 0.6 is 0 Å². The molecular weight excluding hydrogens is 340 g/mol. The van der Waals surface area contributed by atoms with E-state index in [0.29, 0.717) is 6.42 Å². The van der Waals surface area contributed by atoms with Crippen LogP contribution in [-0.4, -0.2) is 21.8 Å². The molecule has 0 aromatic rings. The number of carbonyl (C=O) groups is 1. The Morgan fingerprint density at radius 2 is 2.14 bits per heavy atom. The van der Waals surface area contributed by atoms with Crippen molar-refractivity contribution < 1.29 is 27.2 Å². The molecule has 7 heavy (non-hydrogen) atoms. The van der Waals surface area contributed by atoms with E-state index in [1.165, 1.54) is 0 Å². The summed E-state index contributed by atoms with van der Waals surface area (Å²) in [7, 11) is 0. The van der Waals surface area contributed by atoms with E-state index in [1.807, 2.05) is 0 Å². The summed E-state index contributed by atoms with van der Waals surface area (Å²) in [5, 5.41) is 0.856. The maximum absolute atomic E-state index is 10.0. The van der Waals surface area contributed by atoms with Crippen molar-refractivity contribution in [2.24, 2.45) is 0 Å². The predicted octanol–water partition coefficient (Wildman–Crippen LogP) is 0.550. The molecule has 1 nitrogen and oxygen atoms in total. The molecule has 0 spiro atoms. The summed E-state index contributed by atoms with van der Waals surface area (Å²) in [6.07, 6.45) is 0.681. The zero-order valence-corrected chi connectivity index (χ0v) is 7.91. The van der Waals surface area contributed by atoms with Gasteiger partial charge in [-0.25, -0.2) is 0 Å². The Labute approximate surface area is 67.6 Å². The van der Waals surface area contributed by atoms with Crippen LogP contribution < -0.4 is 0 Å². The van der Waals surface area contributed by atoms with E-state index in [4.69, 9.17) is 0 Å². The van der Waals surface area contributed by atoms with Crippen LogP contribution in [0, 0.1) is 0 Å². The van der Waals surface area contributed by atoms with Crippen molar-refractivity contribution >= 4 is 21.8 Å². The molecule has 0 bridgehead atoms.